The van der Waals surface area contributed by atoms with Crippen LogP contribution in [0.4, 0.5) is 0 Å². The highest BCUT2D eigenvalue weighted by molar-refractivity contribution is 7.80. The van der Waals surface area contributed by atoms with Crippen molar-refractivity contribution in [2.75, 3.05) is 17.3 Å². The smallest absolute Gasteiger partial charge is 0.0388 e. The highest BCUT2D eigenvalue weighted by atomic mass is 32.1. The lowest BCUT2D eigenvalue weighted by atomic mass is 9.95. The van der Waals surface area contributed by atoms with Crippen LogP contribution in [0.5, 0.6) is 0 Å². The molecule has 4 heteroatoms. The predicted octanol–water partition coefficient (Wildman–Crippen LogP) is 1.09. The molecule has 0 bridgehead atoms. The lowest BCUT2D eigenvalue weighted by Gasteiger charge is -2.16. The van der Waals surface area contributed by atoms with Gasteiger partial charge in [-0.05, 0) is 53.2 Å². The molecule has 0 N–H and O–H groups in total. The summed E-state index contributed by atoms with van der Waals surface area (Å²) in [4.78, 5) is 0. The molecule has 0 spiro atoms. The van der Waals surface area contributed by atoms with Crippen LogP contribution in [0.15, 0.2) is 12.1 Å². The minimum atomic E-state index is 0.917. The van der Waals surface area contributed by atoms with E-state index in [1.54, 1.807) is 0 Å². The Bertz CT molecular complexity index is 339. The largest absolute Gasteiger partial charge is 0.179 e. The van der Waals surface area contributed by atoms with E-state index in [9.17, 15) is 0 Å². The van der Waals surface area contributed by atoms with Gasteiger partial charge in [-0.25, -0.2) is 0 Å². The summed E-state index contributed by atoms with van der Waals surface area (Å²) in [5.41, 5.74) is 4.51. The Hall–Kier alpha value is 0.487. The Balaban J connectivity index is 3.14. The maximum Gasteiger partial charge on any atom is 0.0388 e. The Morgan fingerprint density at radius 1 is 0.812 bits per heavy atom. The zero-order valence-electron chi connectivity index (χ0n) is 9.74. The first kappa shape index (κ1) is 14.5. The first-order valence-corrected chi connectivity index (χ1v) is 8.57. The van der Waals surface area contributed by atoms with Crippen molar-refractivity contribution in [3.05, 3.63) is 28.8 Å². The molecular formula is C12H20S3Si. The van der Waals surface area contributed by atoms with Gasteiger partial charge < -0.3 is 0 Å². The van der Waals surface area contributed by atoms with E-state index in [1.165, 1.54) is 21.9 Å². The van der Waals surface area contributed by atoms with E-state index in [0.29, 0.717) is 0 Å². The molecule has 0 saturated heterocycles. The van der Waals surface area contributed by atoms with Gasteiger partial charge >= 0.3 is 0 Å². The lowest BCUT2D eigenvalue weighted by Crippen LogP contribution is -2.17. The van der Waals surface area contributed by atoms with Gasteiger partial charge in [0.1, 0.15) is 0 Å². The second-order valence-corrected chi connectivity index (χ2v) is 6.34. The van der Waals surface area contributed by atoms with Gasteiger partial charge in [-0.3, -0.25) is 0 Å². The summed E-state index contributed by atoms with van der Waals surface area (Å²) in [5.74, 6) is 2.77. The van der Waals surface area contributed by atoms with Crippen molar-refractivity contribution in [2.24, 2.45) is 0 Å². The highest BCUT2D eigenvalue weighted by Crippen LogP contribution is 2.17. The maximum atomic E-state index is 4.37. The van der Waals surface area contributed by atoms with E-state index in [0.717, 1.165) is 46.8 Å². The van der Waals surface area contributed by atoms with E-state index in [-0.39, 0.29) is 0 Å². The number of aryl methyl sites for hydroxylation is 1. The third-order valence-electron chi connectivity index (χ3n) is 2.87. The number of hydrogen-bond acceptors (Lipinski definition) is 3. The number of thiol groups is 3. The molecule has 0 atom stereocenters. The van der Waals surface area contributed by atoms with E-state index in [2.05, 4.69) is 50.0 Å². The van der Waals surface area contributed by atoms with E-state index < -0.39 is 0 Å². The van der Waals surface area contributed by atoms with Crippen molar-refractivity contribution in [1.29, 1.82) is 0 Å². The maximum absolute atomic E-state index is 4.37. The van der Waals surface area contributed by atoms with Gasteiger partial charge in [0.2, 0.25) is 0 Å². The molecule has 0 fully saturated rings. The summed E-state index contributed by atoms with van der Waals surface area (Å²) in [6.45, 7) is 0. The molecule has 0 heterocycles. The van der Waals surface area contributed by atoms with Crippen molar-refractivity contribution in [2.45, 2.75) is 19.3 Å². The van der Waals surface area contributed by atoms with Crippen LogP contribution in [0.2, 0.25) is 0 Å². The van der Waals surface area contributed by atoms with Gasteiger partial charge in [0, 0.05) is 10.2 Å². The molecule has 90 valence electrons. The number of rotatable bonds is 6. The summed E-state index contributed by atoms with van der Waals surface area (Å²) >= 11 is 13.1. The van der Waals surface area contributed by atoms with Gasteiger partial charge in [0.25, 0.3) is 0 Å². The summed E-state index contributed by atoms with van der Waals surface area (Å²) < 4.78 is 0. The third kappa shape index (κ3) is 3.76. The van der Waals surface area contributed by atoms with Gasteiger partial charge in [-0.15, -0.1) is 0 Å². The van der Waals surface area contributed by atoms with Crippen LogP contribution in [0, 0.1) is 0 Å². The normalized spacial score (nSPS) is 10.9. The second kappa shape index (κ2) is 7.74. The molecule has 0 radical (unpaired) electrons. The van der Waals surface area contributed by atoms with Crippen LogP contribution < -0.4 is 5.19 Å². The molecule has 0 aromatic heterocycles. The average Bonchev–Trinajstić information content (AvgIpc) is 2.27. The first-order valence-electron chi connectivity index (χ1n) is 5.67. The van der Waals surface area contributed by atoms with Crippen LogP contribution >= 0.6 is 37.9 Å². The summed E-state index contributed by atoms with van der Waals surface area (Å²) in [6.07, 6.45) is 3.23. The first-order chi connectivity index (χ1) is 7.74. The van der Waals surface area contributed by atoms with E-state index >= 15 is 0 Å². The molecule has 1 aromatic carbocycles. The number of hydrogen-bond donors (Lipinski definition) is 3. The summed E-state index contributed by atoms with van der Waals surface area (Å²) in [7, 11) is 1.12. The van der Waals surface area contributed by atoms with Crippen molar-refractivity contribution < 1.29 is 0 Å². The molecule has 0 unspecified atom stereocenters. The predicted molar refractivity (Wildman–Crippen MR) is 88.7 cm³/mol. The van der Waals surface area contributed by atoms with Gasteiger partial charge in [-0.2, -0.15) is 37.9 Å². The minimum absolute atomic E-state index is 0.917. The van der Waals surface area contributed by atoms with E-state index in [1.807, 2.05) is 0 Å². The highest BCUT2D eigenvalue weighted by Gasteiger charge is 2.09. The van der Waals surface area contributed by atoms with Gasteiger partial charge in [-0.1, -0.05) is 17.3 Å². The quantitative estimate of drug-likeness (QED) is 0.507. The van der Waals surface area contributed by atoms with E-state index in [4.69, 9.17) is 0 Å². The molecule has 1 aromatic rings. The minimum Gasteiger partial charge on any atom is -0.179 e. The van der Waals surface area contributed by atoms with Crippen molar-refractivity contribution in [3.63, 3.8) is 0 Å². The molecule has 0 amide bonds. The molecule has 0 saturated carbocycles. The Morgan fingerprint density at radius 3 is 1.94 bits per heavy atom. The zero-order chi connectivity index (χ0) is 12.0. The topological polar surface area (TPSA) is 0 Å². The van der Waals surface area contributed by atoms with Crippen molar-refractivity contribution >= 4 is 53.3 Å². The Kier molecular flexibility index (Phi) is 7.04. The van der Waals surface area contributed by atoms with Crippen molar-refractivity contribution in [1.82, 2.24) is 0 Å². The molecule has 0 aliphatic rings. The fraction of sp³-hybridized carbons (Fsp3) is 0.500. The van der Waals surface area contributed by atoms with Crippen LogP contribution in [-0.2, 0) is 19.3 Å². The second-order valence-electron chi connectivity index (χ2n) is 3.92. The van der Waals surface area contributed by atoms with Crippen LogP contribution in [-0.4, -0.2) is 27.5 Å². The molecule has 0 nitrogen and oxygen atoms in total. The third-order valence-corrected chi connectivity index (χ3v) is 4.47. The Morgan fingerprint density at radius 2 is 1.38 bits per heavy atom. The summed E-state index contributed by atoms with van der Waals surface area (Å²) in [6, 6.07) is 4.56. The fourth-order valence-corrected chi connectivity index (χ4v) is 3.50. The SMILES string of the molecule is [SiH3]c1ccc(CCS)c(CCS)c1CCS. The Labute approximate surface area is 118 Å². The molecule has 1 rings (SSSR count). The average molecular weight is 289 g/mol. The lowest BCUT2D eigenvalue weighted by molar-refractivity contribution is 1.01. The monoisotopic (exact) mass is 288 g/mol. The van der Waals surface area contributed by atoms with Gasteiger partial charge in [0.05, 0.1) is 0 Å². The zero-order valence-corrected chi connectivity index (χ0v) is 14.4. The van der Waals surface area contributed by atoms with Gasteiger partial charge in [0.15, 0.2) is 0 Å². The molecular weight excluding hydrogens is 268 g/mol. The standard InChI is InChI=1S/C12H20S3Si/c13-6-3-9-1-2-12(16)11(5-8-15)10(9)4-7-14/h1-2,13-15H,3-8H2,16H3. The molecule has 0 aliphatic heterocycles. The van der Waals surface area contributed by atoms with Crippen LogP contribution in [0.3, 0.4) is 0 Å². The molecule has 0 aliphatic carbocycles. The molecule has 16 heavy (non-hydrogen) atoms. The number of benzene rings is 1. The van der Waals surface area contributed by atoms with Crippen LogP contribution in [0.1, 0.15) is 16.7 Å². The van der Waals surface area contributed by atoms with Crippen LogP contribution in [0.25, 0.3) is 0 Å². The fourth-order valence-electron chi connectivity index (χ4n) is 2.10. The van der Waals surface area contributed by atoms with Crippen molar-refractivity contribution in [3.8, 4) is 0 Å². The summed E-state index contributed by atoms with van der Waals surface area (Å²) in [5, 5.41) is 1.52.